The van der Waals surface area contributed by atoms with Gasteiger partial charge in [0.05, 0.1) is 11.4 Å². The molecule has 0 aliphatic rings. The normalized spacial score (nSPS) is 14.1. The first-order valence-electron chi connectivity index (χ1n) is 11.6. The molecule has 0 radical (unpaired) electrons. The molecule has 0 saturated heterocycles. The third kappa shape index (κ3) is 4.60. The van der Waals surface area contributed by atoms with Crippen LogP contribution in [0.25, 0.3) is 0 Å². The highest BCUT2D eigenvalue weighted by Crippen LogP contribution is 2.51. The minimum Gasteiger partial charge on any atom is -0.744 e. The van der Waals surface area contributed by atoms with Crippen LogP contribution in [-0.4, -0.2) is 36.4 Å². The smallest absolute Gasteiger partial charge is 0.434 e. The molecule has 0 heterocycles. The topological polar surface area (TPSA) is 112 Å². The summed E-state index contributed by atoms with van der Waals surface area (Å²) in [6.07, 6.45) is 0. The zero-order valence-corrected chi connectivity index (χ0v) is 21.8. The van der Waals surface area contributed by atoms with Crippen LogP contribution in [0.2, 0.25) is 0 Å². The van der Waals surface area contributed by atoms with Crippen molar-refractivity contribution in [2.45, 2.75) is 23.9 Å². The molecule has 0 aliphatic carbocycles. The summed E-state index contributed by atoms with van der Waals surface area (Å²) >= 11 is 0. The summed E-state index contributed by atoms with van der Waals surface area (Å²) in [5.41, 5.74) is -0.506. The molecule has 1 atom stereocenters. The molecule has 0 aromatic heterocycles. The third-order valence-electron chi connectivity index (χ3n) is 6.77. The maximum Gasteiger partial charge on any atom is 0.434 e. The van der Waals surface area contributed by atoms with Crippen LogP contribution in [-0.2, 0) is 32.5 Å². The van der Waals surface area contributed by atoms with Gasteiger partial charge in [-0.1, -0.05) is 109 Å². The molecule has 4 aromatic carbocycles. The minimum atomic E-state index is -5.06. The maximum atomic E-state index is 13.7. The summed E-state index contributed by atoms with van der Waals surface area (Å²) in [4.78, 5) is -0.560. The molecule has 0 fully saturated rings. The van der Waals surface area contributed by atoms with Crippen molar-refractivity contribution in [1.82, 2.24) is 0 Å². The number of rotatable bonds is 9. The van der Waals surface area contributed by atoms with E-state index in [0.717, 1.165) is 0 Å². The van der Waals surface area contributed by atoms with Crippen molar-refractivity contribution in [3.63, 3.8) is 0 Å². The average Bonchev–Trinajstić information content (AvgIpc) is 2.89. The van der Waals surface area contributed by atoms with Crippen LogP contribution in [0.3, 0.4) is 0 Å². The first kappa shape index (κ1) is 26.7. The van der Waals surface area contributed by atoms with Gasteiger partial charge in [-0.15, -0.1) is 8.42 Å². The Morgan fingerprint density at radius 3 is 1.57 bits per heavy atom. The highest BCUT2D eigenvalue weighted by Gasteiger charge is 2.62. The molecule has 4 aromatic rings. The van der Waals surface area contributed by atoms with Crippen LogP contribution in [0, 0.1) is 0 Å². The predicted molar refractivity (Wildman–Crippen MR) is 140 cm³/mol. The molecular weight excluding hydrogens is 510 g/mol. The lowest BCUT2D eigenvalue weighted by atomic mass is 9.75. The van der Waals surface area contributed by atoms with Crippen molar-refractivity contribution in [1.29, 1.82) is 0 Å². The second-order valence-corrected chi connectivity index (χ2v) is 11.6. The summed E-state index contributed by atoms with van der Waals surface area (Å²) in [5, 5.41) is 0. The summed E-state index contributed by atoms with van der Waals surface area (Å²) in [6.45, 7) is 1.24. The highest BCUT2D eigenvalue weighted by atomic mass is 32.2. The minimum absolute atomic E-state index is 0.0437. The number of hydrogen-bond donors (Lipinski definition) is 1. The van der Waals surface area contributed by atoms with Crippen molar-refractivity contribution in [3.05, 3.63) is 138 Å². The van der Waals surface area contributed by atoms with E-state index in [1.54, 1.807) is 104 Å². The van der Waals surface area contributed by atoms with Crippen LogP contribution in [0.5, 0.6) is 0 Å². The number of nitrogens with zero attached hydrogens (tertiary/aromatic N) is 1. The largest absolute Gasteiger partial charge is 0.744 e. The van der Waals surface area contributed by atoms with Crippen molar-refractivity contribution < 1.29 is 29.8 Å². The lowest BCUT2D eigenvalue weighted by Crippen LogP contribution is -2.65. The lowest BCUT2D eigenvalue weighted by Gasteiger charge is -2.50. The monoisotopic (exact) mass is 537 g/mol. The van der Waals surface area contributed by atoms with Crippen LogP contribution in [0.4, 0.5) is 0 Å². The quantitative estimate of drug-likeness (QED) is 0.188. The zero-order valence-electron chi connectivity index (χ0n) is 20.1. The fourth-order valence-electron chi connectivity index (χ4n) is 5.27. The van der Waals surface area contributed by atoms with E-state index >= 15 is 0 Å². The van der Waals surface area contributed by atoms with Crippen LogP contribution in [0.1, 0.15) is 29.2 Å². The Balaban J connectivity index is 2.32. The molecule has 0 amide bonds. The van der Waals surface area contributed by atoms with Gasteiger partial charge in [0, 0.05) is 22.3 Å². The Labute approximate surface area is 217 Å². The van der Waals surface area contributed by atoms with E-state index in [9.17, 15) is 25.9 Å². The van der Waals surface area contributed by atoms with Gasteiger partial charge in [0.15, 0.2) is 5.54 Å². The number of quaternary nitrogens is 1. The van der Waals surface area contributed by atoms with E-state index in [4.69, 9.17) is 0 Å². The molecule has 1 unspecified atom stereocenters. The molecule has 0 spiro atoms. The number of hydrogen-bond acceptors (Lipinski definition) is 5. The summed E-state index contributed by atoms with van der Waals surface area (Å²) in [7, 11) is -10.1. The van der Waals surface area contributed by atoms with Gasteiger partial charge in [-0.2, -0.15) is 3.89 Å². The Morgan fingerprint density at radius 1 is 0.703 bits per heavy atom. The summed E-state index contributed by atoms with van der Waals surface area (Å²) in [6, 6.07) is 31.4. The molecule has 0 bridgehead atoms. The Morgan fingerprint density at radius 2 is 1.14 bits per heavy atom. The predicted octanol–water partition coefficient (Wildman–Crippen LogP) is 4.72. The summed E-state index contributed by atoms with van der Waals surface area (Å²) < 4.78 is 75.4. The second-order valence-electron chi connectivity index (χ2n) is 8.69. The molecule has 4 rings (SSSR count). The zero-order chi connectivity index (χ0) is 26.7. The standard InChI is InChI=1S/C28H27NO6S2/c1-2-29(37(33,34)35,22-23-14-6-3-7-15-23)28(24-16-8-4-9-17-24,25-18-10-5-11-19-25)26-20-12-13-21-27(26)36(30,31)32/h3-21H,2,22H2,1H3,(H-,30,31,32,33,34,35). The molecule has 37 heavy (non-hydrogen) atoms. The van der Waals surface area contributed by atoms with E-state index in [1.165, 1.54) is 18.2 Å². The molecule has 0 aliphatic heterocycles. The van der Waals surface area contributed by atoms with Gasteiger partial charge in [-0.05, 0) is 13.0 Å². The Hall–Kier alpha value is -3.34. The fourth-order valence-corrected chi connectivity index (χ4v) is 7.30. The second kappa shape index (κ2) is 10.2. The third-order valence-corrected chi connectivity index (χ3v) is 9.21. The van der Waals surface area contributed by atoms with Gasteiger partial charge in [-0.25, -0.2) is 13.0 Å². The van der Waals surface area contributed by atoms with E-state index in [2.05, 4.69) is 0 Å². The van der Waals surface area contributed by atoms with E-state index in [1.807, 2.05) is 0 Å². The fraction of sp³-hybridized carbons (Fsp3) is 0.143. The molecule has 0 saturated carbocycles. The molecule has 9 heteroatoms. The van der Waals surface area contributed by atoms with Gasteiger partial charge in [0.25, 0.3) is 0 Å². The Bertz CT molecular complexity index is 1540. The first-order chi connectivity index (χ1) is 17.6. The van der Waals surface area contributed by atoms with Crippen molar-refractivity contribution in [2.75, 3.05) is 6.54 Å². The van der Waals surface area contributed by atoms with Crippen LogP contribution in [0.15, 0.2) is 120 Å². The molecule has 1 N–H and O–H groups in total. The van der Waals surface area contributed by atoms with Gasteiger partial charge < -0.3 is 4.55 Å². The number of benzene rings is 4. The van der Waals surface area contributed by atoms with Gasteiger partial charge in [0.2, 0.25) is 0 Å². The Kier molecular flexibility index (Phi) is 7.36. The van der Waals surface area contributed by atoms with Gasteiger partial charge >= 0.3 is 10.3 Å². The van der Waals surface area contributed by atoms with E-state index < -0.39 is 34.7 Å². The summed E-state index contributed by atoms with van der Waals surface area (Å²) in [5.74, 6) is 0. The molecule has 7 nitrogen and oxygen atoms in total. The van der Waals surface area contributed by atoms with E-state index in [-0.39, 0.29) is 18.7 Å². The average molecular weight is 538 g/mol. The van der Waals surface area contributed by atoms with E-state index in [0.29, 0.717) is 16.7 Å². The van der Waals surface area contributed by atoms with Crippen LogP contribution >= 0.6 is 0 Å². The van der Waals surface area contributed by atoms with Crippen molar-refractivity contribution in [2.24, 2.45) is 0 Å². The van der Waals surface area contributed by atoms with Crippen LogP contribution < -0.4 is 0 Å². The van der Waals surface area contributed by atoms with Gasteiger partial charge in [-0.3, -0.25) is 0 Å². The van der Waals surface area contributed by atoms with Crippen molar-refractivity contribution in [3.8, 4) is 0 Å². The van der Waals surface area contributed by atoms with Gasteiger partial charge in [0.1, 0.15) is 16.7 Å². The SMILES string of the molecule is CC[N+](Cc1ccccc1)(C(c1ccccc1)(c1ccccc1)c1ccccc1S(=O)(=O)[O-])S(=O)(=O)O. The molecular formula is C28H27NO6S2. The lowest BCUT2D eigenvalue weighted by molar-refractivity contribution is -0.872. The van der Waals surface area contributed by atoms with Crippen molar-refractivity contribution >= 4 is 20.4 Å². The maximum absolute atomic E-state index is 13.7. The first-order valence-corrected chi connectivity index (χ1v) is 14.4. The highest BCUT2D eigenvalue weighted by molar-refractivity contribution is 7.85. The molecule has 192 valence electrons.